The molecule has 194 valence electrons. The fraction of sp³-hybridized carbons (Fsp3) is 0.214. The monoisotopic (exact) mass is 520 g/mol. The number of amides is 2. The van der Waals surface area contributed by atoms with Gasteiger partial charge in [-0.2, -0.15) is 18.4 Å². The van der Waals surface area contributed by atoms with Crippen LogP contribution in [0.4, 0.5) is 23.7 Å². The molecule has 1 aromatic heterocycles. The van der Waals surface area contributed by atoms with Crippen LogP contribution in [0.5, 0.6) is 0 Å². The standard InChI is InChI=1S/C28H23F3N4O3/c1-3-38-26(36)24-18(2)35(23-6-4-5-22(15-23)28(29,30)31)27(37)34(17-20-11-13-33-14-12-20)25(24)21-9-7-19(16-32)8-10-21/h4-15,25H,3,17H2,1-2H3. The van der Waals surface area contributed by atoms with Crippen molar-refractivity contribution in [3.63, 3.8) is 0 Å². The van der Waals surface area contributed by atoms with Crippen molar-refractivity contribution in [2.24, 2.45) is 0 Å². The number of allylic oxidation sites excluding steroid dienone is 1. The Morgan fingerprint density at radius 2 is 1.79 bits per heavy atom. The molecule has 1 aliphatic rings. The smallest absolute Gasteiger partial charge is 0.416 e. The zero-order valence-corrected chi connectivity index (χ0v) is 20.6. The van der Waals surface area contributed by atoms with Crippen LogP contribution in [0.2, 0.25) is 0 Å². The Hall–Kier alpha value is -4.65. The van der Waals surface area contributed by atoms with E-state index in [0.29, 0.717) is 16.7 Å². The van der Waals surface area contributed by atoms with E-state index in [2.05, 4.69) is 4.98 Å². The quantitative estimate of drug-likeness (QED) is 0.373. The molecule has 10 heteroatoms. The predicted molar refractivity (Wildman–Crippen MR) is 132 cm³/mol. The number of rotatable bonds is 6. The summed E-state index contributed by atoms with van der Waals surface area (Å²) in [6, 6.07) is 14.7. The Kier molecular flexibility index (Phi) is 7.48. The van der Waals surface area contributed by atoms with Crippen molar-refractivity contribution in [2.45, 2.75) is 32.6 Å². The van der Waals surface area contributed by atoms with Crippen molar-refractivity contribution in [1.29, 1.82) is 5.26 Å². The number of nitrogens with zero attached hydrogens (tertiary/aromatic N) is 4. The van der Waals surface area contributed by atoms with Crippen LogP contribution in [-0.2, 0) is 22.3 Å². The number of alkyl halides is 3. The van der Waals surface area contributed by atoms with Crippen LogP contribution in [0.3, 0.4) is 0 Å². The molecule has 0 N–H and O–H groups in total. The molecule has 3 aromatic rings. The fourth-order valence-corrected chi connectivity index (χ4v) is 4.38. The number of carbonyl (C=O) groups is 2. The first-order chi connectivity index (χ1) is 18.2. The van der Waals surface area contributed by atoms with E-state index in [1.165, 1.54) is 24.0 Å². The molecule has 2 aromatic carbocycles. The van der Waals surface area contributed by atoms with Crippen molar-refractivity contribution >= 4 is 17.7 Å². The minimum absolute atomic E-state index is 0.0255. The third-order valence-electron chi connectivity index (χ3n) is 6.13. The molecular formula is C28H23F3N4O3. The van der Waals surface area contributed by atoms with Gasteiger partial charge < -0.3 is 9.64 Å². The molecular weight excluding hydrogens is 497 g/mol. The van der Waals surface area contributed by atoms with Crippen molar-refractivity contribution in [3.05, 3.63) is 107 Å². The number of urea groups is 1. The summed E-state index contributed by atoms with van der Waals surface area (Å²) in [6.07, 6.45) is -1.52. The second-order valence-electron chi connectivity index (χ2n) is 8.51. The lowest BCUT2D eigenvalue weighted by Crippen LogP contribution is -2.50. The number of carbonyl (C=O) groups excluding carboxylic acids is 2. The summed E-state index contributed by atoms with van der Waals surface area (Å²) >= 11 is 0. The zero-order chi connectivity index (χ0) is 27.4. The zero-order valence-electron chi connectivity index (χ0n) is 20.6. The maximum Gasteiger partial charge on any atom is 0.416 e. The first-order valence-electron chi connectivity index (χ1n) is 11.7. The molecule has 0 fully saturated rings. The van der Waals surface area contributed by atoms with Crippen LogP contribution < -0.4 is 4.90 Å². The number of benzene rings is 2. The number of ether oxygens (including phenoxy) is 1. The second-order valence-corrected chi connectivity index (χ2v) is 8.51. The number of hydrogen-bond acceptors (Lipinski definition) is 5. The normalized spacial score (nSPS) is 15.9. The molecule has 38 heavy (non-hydrogen) atoms. The van der Waals surface area contributed by atoms with Gasteiger partial charge in [-0.25, -0.2) is 9.59 Å². The lowest BCUT2D eigenvalue weighted by molar-refractivity contribution is -0.139. The Morgan fingerprint density at radius 3 is 2.39 bits per heavy atom. The van der Waals surface area contributed by atoms with Crippen molar-refractivity contribution in [3.8, 4) is 6.07 Å². The summed E-state index contributed by atoms with van der Waals surface area (Å²) in [5.41, 5.74) is 0.901. The van der Waals surface area contributed by atoms with Gasteiger partial charge in [0.05, 0.1) is 41.1 Å². The lowest BCUT2D eigenvalue weighted by Gasteiger charge is -2.43. The summed E-state index contributed by atoms with van der Waals surface area (Å²) in [6.45, 7) is 3.22. The highest BCUT2D eigenvalue weighted by Crippen LogP contribution is 2.42. The SMILES string of the molecule is CCOC(=O)C1=C(C)N(c2cccc(C(F)(F)F)c2)C(=O)N(Cc2ccncc2)C1c1ccc(C#N)cc1. The van der Waals surface area contributed by atoms with E-state index in [0.717, 1.165) is 17.0 Å². The number of hydrogen-bond donors (Lipinski definition) is 0. The van der Waals surface area contributed by atoms with E-state index < -0.39 is 29.8 Å². The van der Waals surface area contributed by atoms with E-state index in [-0.39, 0.29) is 30.1 Å². The van der Waals surface area contributed by atoms with Crippen LogP contribution in [-0.4, -0.2) is 28.5 Å². The molecule has 4 rings (SSSR count). The van der Waals surface area contributed by atoms with E-state index in [4.69, 9.17) is 4.74 Å². The topological polar surface area (TPSA) is 86.5 Å². The van der Waals surface area contributed by atoms with Gasteiger partial charge in [-0.3, -0.25) is 9.88 Å². The van der Waals surface area contributed by atoms with Gasteiger partial charge in [-0.1, -0.05) is 18.2 Å². The molecule has 0 spiro atoms. The minimum atomic E-state index is -4.63. The molecule has 0 saturated carbocycles. The van der Waals surface area contributed by atoms with Crippen molar-refractivity contribution in [2.75, 3.05) is 11.5 Å². The van der Waals surface area contributed by atoms with E-state index >= 15 is 0 Å². The van der Waals surface area contributed by atoms with Gasteiger partial charge in [0.25, 0.3) is 0 Å². The minimum Gasteiger partial charge on any atom is -0.463 e. The van der Waals surface area contributed by atoms with Crippen LogP contribution >= 0.6 is 0 Å². The average Bonchev–Trinajstić information content (AvgIpc) is 2.90. The average molecular weight is 521 g/mol. The number of anilines is 1. The van der Waals surface area contributed by atoms with Crippen LogP contribution in [0.25, 0.3) is 0 Å². The first-order valence-corrected chi connectivity index (χ1v) is 11.7. The van der Waals surface area contributed by atoms with E-state index in [1.807, 2.05) is 6.07 Å². The summed E-state index contributed by atoms with van der Waals surface area (Å²) in [5.74, 6) is -0.705. The maximum absolute atomic E-state index is 14.1. The van der Waals surface area contributed by atoms with Gasteiger partial charge in [0.1, 0.15) is 0 Å². The Labute approximate surface area is 217 Å². The number of halogens is 3. The Balaban J connectivity index is 1.95. The molecule has 0 radical (unpaired) electrons. The number of nitriles is 1. The van der Waals surface area contributed by atoms with Gasteiger partial charge in [0.15, 0.2) is 0 Å². The highest BCUT2D eigenvalue weighted by molar-refractivity contribution is 6.03. The van der Waals surface area contributed by atoms with Gasteiger partial charge in [0.2, 0.25) is 0 Å². The second kappa shape index (κ2) is 10.8. The first kappa shape index (κ1) is 26.4. The molecule has 0 saturated heterocycles. The highest BCUT2D eigenvalue weighted by atomic mass is 19.4. The molecule has 0 aliphatic carbocycles. The van der Waals surface area contributed by atoms with Gasteiger partial charge >= 0.3 is 18.2 Å². The van der Waals surface area contributed by atoms with Gasteiger partial charge in [-0.05, 0) is 67.4 Å². The Morgan fingerprint density at radius 1 is 1.11 bits per heavy atom. The molecule has 0 bridgehead atoms. The molecule has 1 unspecified atom stereocenters. The van der Waals surface area contributed by atoms with E-state index in [9.17, 15) is 28.0 Å². The summed E-state index contributed by atoms with van der Waals surface area (Å²) < 4.78 is 45.9. The summed E-state index contributed by atoms with van der Waals surface area (Å²) in [4.78, 5) is 33.9. The van der Waals surface area contributed by atoms with Crippen molar-refractivity contribution < 1.29 is 27.5 Å². The number of pyridine rings is 1. The maximum atomic E-state index is 14.1. The molecule has 2 heterocycles. The van der Waals surface area contributed by atoms with Crippen LogP contribution in [0, 0.1) is 11.3 Å². The molecule has 2 amide bonds. The van der Waals surface area contributed by atoms with Gasteiger partial charge in [-0.15, -0.1) is 0 Å². The third kappa shape index (κ3) is 5.22. The van der Waals surface area contributed by atoms with Crippen molar-refractivity contribution in [1.82, 2.24) is 9.88 Å². The van der Waals surface area contributed by atoms with Crippen LogP contribution in [0.1, 0.15) is 42.1 Å². The summed E-state index contributed by atoms with van der Waals surface area (Å²) in [5, 5.41) is 9.23. The Bertz CT molecular complexity index is 1410. The number of esters is 1. The summed E-state index contributed by atoms with van der Waals surface area (Å²) in [7, 11) is 0. The highest BCUT2D eigenvalue weighted by Gasteiger charge is 2.43. The third-order valence-corrected chi connectivity index (χ3v) is 6.13. The predicted octanol–water partition coefficient (Wildman–Crippen LogP) is 5.99. The number of aromatic nitrogens is 1. The molecule has 1 aliphatic heterocycles. The fourth-order valence-electron chi connectivity index (χ4n) is 4.38. The van der Waals surface area contributed by atoms with E-state index in [1.54, 1.807) is 55.7 Å². The largest absolute Gasteiger partial charge is 0.463 e. The molecule has 7 nitrogen and oxygen atoms in total. The van der Waals surface area contributed by atoms with Gasteiger partial charge in [0, 0.05) is 24.6 Å². The lowest BCUT2D eigenvalue weighted by atomic mass is 9.91. The molecule has 1 atom stereocenters. The van der Waals surface area contributed by atoms with Crippen LogP contribution in [0.15, 0.2) is 84.3 Å².